The number of thiazole rings is 1. The molecule has 0 aliphatic rings. The van der Waals surface area contributed by atoms with E-state index < -0.39 is 0 Å². The Balaban J connectivity index is 1.63. The Hall–Kier alpha value is -2.26. The molecule has 206 valence electrons. The summed E-state index contributed by atoms with van der Waals surface area (Å²) in [7, 11) is 1.57. The maximum absolute atomic E-state index is 12.3. The molecule has 0 saturated carbocycles. The van der Waals surface area contributed by atoms with Gasteiger partial charge in [-0.25, -0.2) is 4.98 Å². The lowest BCUT2D eigenvalue weighted by Gasteiger charge is -2.10. The van der Waals surface area contributed by atoms with Crippen LogP contribution in [0.25, 0.3) is 0 Å². The summed E-state index contributed by atoms with van der Waals surface area (Å²) in [6.07, 6.45) is 16.9. The SMILES string of the molecule is CCCCCCCCCCCCCCCC(=O)Nc1cc(O)c(Sc2nc(CC(=O)NC)cs2)cc1O. The molecule has 0 aliphatic heterocycles. The van der Waals surface area contributed by atoms with Crippen molar-refractivity contribution in [2.45, 2.75) is 112 Å². The lowest BCUT2D eigenvalue weighted by atomic mass is 10.0. The number of hydrogen-bond donors (Lipinski definition) is 4. The van der Waals surface area contributed by atoms with Crippen LogP contribution < -0.4 is 10.6 Å². The molecule has 2 rings (SSSR count). The van der Waals surface area contributed by atoms with Crippen molar-refractivity contribution in [3.63, 3.8) is 0 Å². The summed E-state index contributed by atoms with van der Waals surface area (Å²) in [6, 6.07) is 2.78. The topological polar surface area (TPSA) is 112 Å². The van der Waals surface area contributed by atoms with Crippen LogP contribution in [0.4, 0.5) is 5.69 Å². The van der Waals surface area contributed by atoms with E-state index in [1.165, 1.54) is 99.4 Å². The van der Waals surface area contributed by atoms with E-state index in [-0.39, 0.29) is 35.4 Å². The molecule has 37 heavy (non-hydrogen) atoms. The Bertz CT molecular complexity index is 965. The molecule has 9 heteroatoms. The van der Waals surface area contributed by atoms with Crippen molar-refractivity contribution in [1.29, 1.82) is 0 Å². The summed E-state index contributed by atoms with van der Waals surface area (Å²) in [6.45, 7) is 2.25. The monoisotopic (exact) mass is 549 g/mol. The number of amides is 2. The molecule has 2 aromatic rings. The summed E-state index contributed by atoms with van der Waals surface area (Å²) in [5, 5.41) is 27.8. The minimum atomic E-state index is -0.169. The third-order valence-electron chi connectivity index (χ3n) is 6.21. The van der Waals surface area contributed by atoms with Gasteiger partial charge < -0.3 is 20.8 Å². The minimum absolute atomic E-state index is 0.0536. The number of rotatable bonds is 19. The average Bonchev–Trinajstić information content (AvgIpc) is 3.31. The van der Waals surface area contributed by atoms with Gasteiger partial charge in [0, 0.05) is 24.9 Å². The van der Waals surface area contributed by atoms with Gasteiger partial charge in [-0.1, -0.05) is 95.7 Å². The van der Waals surface area contributed by atoms with E-state index in [9.17, 15) is 19.8 Å². The Morgan fingerprint density at radius 3 is 2.05 bits per heavy atom. The number of hydrogen-bond acceptors (Lipinski definition) is 7. The Morgan fingerprint density at radius 2 is 1.46 bits per heavy atom. The van der Waals surface area contributed by atoms with Gasteiger partial charge in [-0.2, -0.15) is 0 Å². The third-order valence-corrected chi connectivity index (χ3v) is 8.24. The number of aromatic hydroxyl groups is 2. The van der Waals surface area contributed by atoms with Gasteiger partial charge in [0.25, 0.3) is 0 Å². The van der Waals surface area contributed by atoms with Crippen LogP contribution in [-0.2, 0) is 16.0 Å². The van der Waals surface area contributed by atoms with Gasteiger partial charge in [-0.05, 0) is 12.5 Å². The lowest BCUT2D eigenvalue weighted by molar-refractivity contribution is -0.120. The molecule has 0 radical (unpaired) electrons. The first-order valence-corrected chi connectivity index (χ1v) is 15.3. The van der Waals surface area contributed by atoms with Crippen LogP contribution in [-0.4, -0.2) is 34.1 Å². The molecule has 1 heterocycles. The van der Waals surface area contributed by atoms with Crippen molar-refractivity contribution < 1.29 is 19.8 Å². The van der Waals surface area contributed by atoms with E-state index in [1.54, 1.807) is 12.4 Å². The maximum Gasteiger partial charge on any atom is 0.225 e. The van der Waals surface area contributed by atoms with E-state index in [0.29, 0.717) is 21.3 Å². The highest BCUT2D eigenvalue weighted by Gasteiger charge is 2.15. The van der Waals surface area contributed by atoms with Gasteiger partial charge in [0.1, 0.15) is 11.5 Å². The number of benzene rings is 1. The molecule has 1 aromatic carbocycles. The number of anilines is 1. The minimum Gasteiger partial charge on any atom is -0.507 e. The van der Waals surface area contributed by atoms with Crippen LogP contribution in [0.15, 0.2) is 26.7 Å². The van der Waals surface area contributed by atoms with Crippen molar-refractivity contribution in [2.75, 3.05) is 12.4 Å². The number of carbonyl (C=O) groups is 2. The summed E-state index contributed by atoms with van der Waals surface area (Å²) < 4.78 is 0.646. The Kier molecular flexibility index (Phi) is 15.1. The predicted octanol–water partition coefficient (Wildman–Crippen LogP) is 7.41. The number of phenols is 2. The van der Waals surface area contributed by atoms with E-state index in [4.69, 9.17) is 0 Å². The van der Waals surface area contributed by atoms with Crippen LogP contribution in [0, 0.1) is 0 Å². The number of nitrogens with one attached hydrogen (secondary N) is 2. The first-order valence-electron chi connectivity index (χ1n) is 13.6. The largest absolute Gasteiger partial charge is 0.507 e. The van der Waals surface area contributed by atoms with Crippen LogP contribution in [0.3, 0.4) is 0 Å². The molecule has 0 unspecified atom stereocenters. The van der Waals surface area contributed by atoms with Crippen molar-refractivity contribution in [3.05, 3.63) is 23.2 Å². The molecule has 0 atom stereocenters. The molecule has 2 amide bonds. The quantitative estimate of drug-likeness (QED) is 0.0824. The van der Waals surface area contributed by atoms with Crippen LogP contribution >= 0.6 is 23.1 Å². The fourth-order valence-electron chi connectivity index (χ4n) is 4.02. The molecule has 0 aliphatic carbocycles. The standard InChI is InChI=1S/C28H43N3O4S2/c1-3-4-5-6-7-8-9-10-11-12-13-14-15-16-26(34)31-22-18-24(33)25(19-23(22)32)37-28-30-21(20-36-28)17-27(35)29-2/h18-20,32-33H,3-17H2,1-2H3,(H,29,35)(H,31,34). The van der Waals surface area contributed by atoms with Gasteiger partial charge in [-0.15, -0.1) is 11.3 Å². The van der Waals surface area contributed by atoms with Crippen LogP contribution in [0.5, 0.6) is 11.5 Å². The summed E-state index contributed by atoms with van der Waals surface area (Å²) in [5.74, 6) is -0.457. The number of aromatic nitrogens is 1. The van der Waals surface area contributed by atoms with E-state index in [2.05, 4.69) is 22.5 Å². The molecular weight excluding hydrogens is 506 g/mol. The summed E-state index contributed by atoms with van der Waals surface area (Å²) in [4.78, 5) is 28.6. The Labute approximate surface area is 229 Å². The summed E-state index contributed by atoms with van der Waals surface area (Å²) in [5.41, 5.74) is 0.841. The number of likely N-dealkylation sites (N-methyl/N-ethyl adjacent to an activating group) is 1. The summed E-state index contributed by atoms with van der Waals surface area (Å²) >= 11 is 2.55. The van der Waals surface area contributed by atoms with E-state index >= 15 is 0 Å². The van der Waals surface area contributed by atoms with Crippen molar-refractivity contribution >= 4 is 40.6 Å². The fraction of sp³-hybridized carbons (Fsp3) is 0.607. The van der Waals surface area contributed by atoms with Crippen molar-refractivity contribution in [1.82, 2.24) is 10.3 Å². The van der Waals surface area contributed by atoms with Gasteiger partial charge >= 0.3 is 0 Å². The first-order chi connectivity index (χ1) is 17.9. The second-order valence-corrected chi connectivity index (χ2v) is 11.6. The highest BCUT2D eigenvalue weighted by molar-refractivity contribution is 8.01. The zero-order valence-electron chi connectivity index (χ0n) is 22.3. The normalized spacial score (nSPS) is 11.0. The molecule has 0 bridgehead atoms. The highest BCUT2D eigenvalue weighted by atomic mass is 32.2. The zero-order valence-corrected chi connectivity index (χ0v) is 23.9. The molecule has 0 saturated heterocycles. The predicted molar refractivity (Wildman–Crippen MR) is 153 cm³/mol. The number of carbonyl (C=O) groups excluding carboxylic acids is 2. The Morgan fingerprint density at radius 1 is 0.865 bits per heavy atom. The second kappa shape index (κ2) is 18.1. The fourth-order valence-corrected chi connectivity index (χ4v) is 5.85. The van der Waals surface area contributed by atoms with E-state index in [1.807, 2.05) is 0 Å². The number of nitrogens with zero attached hydrogens (tertiary/aromatic N) is 1. The van der Waals surface area contributed by atoms with Gasteiger partial charge in [0.2, 0.25) is 11.8 Å². The smallest absolute Gasteiger partial charge is 0.225 e. The van der Waals surface area contributed by atoms with Gasteiger partial charge in [0.05, 0.1) is 22.7 Å². The average molecular weight is 550 g/mol. The van der Waals surface area contributed by atoms with Crippen LogP contribution in [0.2, 0.25) is 0 Å². The molecule has 0 spiro atoms. The molecule has 0 fully saturated rings. The van der Waals surface area contributed by atoms with Crippen molar-refractivity contribution in [2.24, 2.45) is 0 Å². The van der Waals surface area contributed by atoms with Gasteiger partial charge in [-0.3, -0.25) is 9.59 Å². The molecule has 7 nitrogen and oxygen atoms in total. The van der Waals surface area contributed by atoms with Crippen molar-refractivity contribution in [3.8, 4) is 11.5 Å². The highest BCUT2D eigenvalue weighted by Crippen LogP contribution is 2.41. The van der Waals surface area contributed by atoms with Gasteiger partial charge in [0.15, 0.2) is 4.34 Å². The number of phenolic OH excluding ortho intramolecular Hbond substituents is 2. The molecular formula is C28H43N3O4S2. The maximum atomic E-state index is 12.3. The van der Waals surface area contributed by atoms with E-state index in [0.717, 1.165) is 19.3 Å². The molecule has 1 aromatic heterocycles. The zero-order chi connectivity index (χ0) is 26.9. The molecule has 4 N–H and O–H groups in total. The lowest BCUT2D eigenvalue weighted by Crippen LogP contribution is -2.19. The first kappa shape index (κ1) is 31.0. The third kappa shape index (κ3) is 12.7. The second-order valence-electron chi connectivity index (χ2n) is 9.43. The van der Waals surface area contributed by atoms with Crippen LogP contribution in [0.1, 0.15) is 103 Å². The number of unbranched alkanes of at least 4 members (excludes halogenated alkanes) is 12.